The van der Waals surface area contributed by atoms with Crippen LogP contribution in [0.25, 0.3) is 0 Å². The van der Waals surface area contributed by atoms with Crippen LogP contribution < -0.4 is 0 Å². The van der Waals surface area contributed by atoms with Crippen molar-refractivity contribution in [2.75, 3.05) is 19.7 Å². The zero-order chi connectivity index (χ0) is 13.0. The molecule has 0 N–H and O–H groups in total. The predicted molar refractivity (Wildman–Crippen MR) is 72.4 cm³/mol. The van der Waals surface area contributed by atoms with Gasteiger partial charge in [0, 0.05) is 0 Å². The first-order valence-corrected chi connectivity index (χ1v) is 7.61. The van der Waals surface area contributed by atoms with E-state index >= 15 is 0 Å². The maximum absolute atomic E-state index is 11.9. The van der Waals surface area contributed by atoms with E-state index in [1.54, 1.807) is 0 Å². The number of carbonyl (C=O) groups is 1. The lowest BCUT2D eigenvalue weighted by Gasteiger charge is -2.41. The highest BCUT2D eigenvalue weighted by molar-refractivity contribution is 5.75. The number of esters is 1. The Kier molecular flexibility index (Phi) is 4.66. The van der Waals surface area contributed by atoms with Gasteiger partial charge in [-0.25, -0.2) is 0 Å². The summed E-state index contributed by atoms with van der Waals surface area (Å²) in [4.78, 5) is 14.3. The first-order valence-electron chi connectivity index (χ1n) is 7.61. The Hall–Kier alpha value is -0.570. The summed E-state index contributed by atoms with van der Waals surface area (Å²) in [5.74, 6) is -0.0256. The zero-order valence-corrected chi connectivity index (χ0v) is 11.9. The largest absolute Gasteiger partial charge is 0.465 e. The van der Waals surface area contributed by atoms with Crippen LogP contribution >= 0.6 is 0 Å². The summed E-state index contributed by atoms with van der Waals surface area (Å²) < 4.78 is 5.18. The average molecular weight is 253 g/mol. The second kappa shape index (κ2) is 6.05. The highest BCUT2D eigenvalue weighted by atomic mass is 16.5. The predicted octanol–water partition coefficient (Wildman–Crippen LogP) is 2.98. The van der Waals surface area contributed by atoms with E-state index in [4.69, 9.17) is 4.74 Å². The highest BCUT2D eigenvalue weighted by Crippen LogP contribution is 2.46. The quantitative estimate of drug-likeness (QED) is 0.721. The van der Waals surface area contributed by atoms with Crippen molar-refractivity contribution in [1.29, 1.82) is 0 Å². The van der Waals surface area contributed by atoms with Gasteiger partial charge in [0.25, 0.3) is 0 Å². The molecule has 1 saturated carbocycles. The third-order valence-electron chi connectivity index (χ3n) is 4.91. The molecule has 18 heavy (non-hydrogen) atoms. The smallest absolute Gasteiger partial charge is 0.323 e. The van der Waals surface area contributed by atoms with Gasteiger partial charge in [0.2, 0.25) is 0 Å². The van der Waals surface area contributed by atoms with Gasteiger partial charge in [-0.15, -0.1) is 0 Å². The SMILES string of the molecule is CCOC(=O)C(CC)N1CCC2(CCCC2)CC1. The summed E-state index contributed by atoms with van der Waals surface area (Å²) in [5.41, 5.74) is 0.628. The zero-order valence-electron chi connectivity index (χ0n) is 11.9. The lowest BCUT2D eigenvalue weighted by molar-refractivity contribution is -0.150. The fourth-order valence-corrected chi connectivity index (χ4v) is 3.75. The molecular formula is C15H27NO2. The van der Waals surface area contributed by atoms with Crippen LogP contribution in [0.15, 0.2) is 0 Å². The normalized spacial score (nSPS) is 25.2. The van der Waals surface area contributed by atoms with Crippen molar-refractivity contribution < 1.29 is 9.53 Å². The molecule has 1 unspecified atom stereocenters. The Morgan fingerprint density at radius 3 is 2.28 bits per heavy atom. The van der Waals surface area contributed by atoms with E-state index in [9.17, 15) is 4.79 Å². The number of nitrogens with zero attached hydrogens (tertiary/aromatic N) is 1. The van der Waals surface area contributed by atoms with E-state index in [1.807, 2.05) is 6.92 Å². The van der Waals surface area contributed by atoms with Crippen molar-refractivity contribution in [3.8, 4) is 0 Å². The number of hydrogen-bond acceptors (Lipinski definition) is 3. The Bertz CT molecular complexity index is 274. The Morgan fingerprint density at radius 1 is 1.17 bits per heavy atom. The van der Waals surface area contributed by atoms with Crippen LogP contribution in [0.2, 0.25) is 0 Å². The summed E-state index contributed by atoms with van der Waals surface area (Å²) in [6.45, 7) is 6.62. The monoisotopic (exact) mass is 253 g/mol. The third-order valence-corrected chi connectivity index (χ3v) is 4.91. The summed E-state index contributed by atoms with van der Waals surface area (Å²) >= 11 is 0. The minimum Gasteiger partial charge on any atom is -0.465 e. The second-order valence-corrected chi connectivity index (χ2v) is 5.92. The van der Waals surface area contributed by atoms with Crippen LogP contribution in [0.4, 0.5) is 0 Å². The maximum Gasteiger partial charge on any atom is 0.323 e. The van der Waals surface area contributed by atoms with Gasteiger partial charge < -0.3 is 4.74 Å². The van der Waals surface area contributed by atoms with E-state index in [0.717, 1.165) is 19.5 Å². The molecule has 0 amide bonds. The van der Waals surface area contributed by atoms with Gasteiger partial charge in [0.15, 0.2) is 0 Å². The fraction of sp³-hybridized carbons (Fsp3) is 0.933. The molecule has 1 saturated heterocycles. The van der Waals surface area contributed by atoms with E-state index < -0.39 is 0 Å². The molecule has 3 nitrogen and oxygen atoms in total. The van der Waals surface area contributed by atoms with Gasteiger partial charge in [0.05, 0.1) is 6.61 Å². The van der Waals surface area contributed by atoms with E-state index in [1.165, 1.54) is 38.5 Å². The third kappa shape index (κ3) is 2.87. The molecule has 1 atom stereocenters. The second-order valence-electron chi connectivity index (χ2n) is 5.92. The first-order chi connectivity index (χ1) is 8.71. The molecule has 0 aromatic rings. The van der Waals surface area contributed by atoms with Crippen molar-refractivity contribution in [2.45, 2.75) is 64.8 Å². The van der Waals surface area contributed by atoms with Gasteiger partial charge in [-0.1, -0.05) is 19.8 Å². The molecule has 1 aliphatic carbocycles. The summed E-state index contributed by atoms with van der Waals surface area (Å²) in [7, 11) is 0. The number of carbonyl (C=O) groups excluding carboxylic acids is 1. The molecule has 1 aliphatic heterocycles. The molecule has 2 aliphatic rings. The van der Waals surface area contributed by atoms with Crippen LogP contribution in [0, 0.1) is 5.41 Å². The molecular weight excluding hydrogens is 226 g/mol. The maximum atomic E-state index is 11.9. The molecule has 0 aromatic heterocycles. The molecule has 0 bridgehead atoms. The number of piperidine rings is 1. The highest BCUT2D eigenvalue weighted by Gasteiger charge is 2.39. The molecule has 104 valence electrons. The minimum atomic E-state index is -0.0256. The molecule has 1 heterocycles. The van der Waals surface area contributed by atoms with Gasteiger partial charge in [-0.05, 0) is 57.5 Å². The lowest BCUT2D eigenvalue weighted by atomic mass is 9.77. The summed E-state index contributed by atoms with van der Waals surface area (Å²) in [5, 5.41) is 0. The topological polar surface area (TPSA) is 29.5 Å². The number of hydrogen-bond donors (Lipinski definition) is 0. The molecule has 0 radical (unpaired) electrons. The number of likely N-dealkylation sites (tertiary alicyclic amines) is 1. The lowest BCUT2D eigenvalue weighted by Crippen LogP contribution is -2.48. The van der Waals surface area contributed by atoms with Crippen LogP contribution in [-0.4, -0.2) is 36.6 Å². The Morgan fingerprint density at radius 2 is 1.78 bits per heavy atom. The molecule has 3 heteroatoms. The van der Waals surface area contributed by atoms with E-state index in [-0.39, 0.29) is 12.0 Å². The molecule has 2 fully saturated rings. The van der Waals surface area contributed by atoms with Crippen molar-refractivity contribution in [2.24, 2.45) is 5.41 Å². The Labute approximate surface area is 111 Å². The van der Waals surface area contributed by atoms with Gasteiger partial charge in [0.1, 0.15) is 6.04 Å². The Balaban J connectivity index is 1.89. The van der Waals surface area contributed by atoms with Crippen molar-refractivity contribution in [3.63, 3.8) is 0 Å². The fourth-order valence-electron chi connectivity index (χ4n) is 3.75. The van der Waals surface area contributed by atoms with Gasteiger partial charge in [-0.2, -0.15) is 0 Å². The standard InChI is InChI=1S/C15H27NO2/c1-3-13(14(17)18-4-2)16-11-9-15(10-12-16)7-5-6-8-15/h13H,3-12H2,1-2H3. The van der Waals surface area contributed by atoms with Crippen LogP contribution in [0.1, 0.15) is 58.8 Å². The average Bonchev–Trinajstić information content (AvgIpc) is 2.82. The van der Waals surface area contributed by atoms with E-state index in [0.29, 0.717) is 12.0 Å². The summed E-state index contributed by atoms with van der Waals surface area (Å²) in [6.07, 6.45) is 9.08. The molecule has 2 rings (SSSR count). The van der Waals surface area contributed by atoms with Crippen molar-refractivity contribution >= 4 is 5.97 Å². The van der Waals surface area contributed by atoms with Gasteiger partial charge in [-0.3, -0.25) is 9.69 Å². The van der Waals surface area contributed by atoms with Crippen LogP contribution in [-0.2, 0) is 9.53 Å². The molecule has 1 spiro atoms. The van der Waals surface area contributed by atoms with Crippen LogP contribution in [0.5, 0.6) is 0 Å². The van der Waals surface area contributed by atoms with Crippen LogP contribution in [0.3, 0.4) is 0 Å². The van der Waals surface area contributed by atoms with Crippen molar-refractivity contribution in [3.05, 3.63) is 0 Å². The summed E-state index contributed by atoms with van der Waals surface area (Å²) in [6, 6.07) is -0.0105. The number of rotatable bonds is 4. The van der Waals surface area contributed by atoms with Crippen molar-refractivity contribution in [1.82, 2.24) is 4.90 Å². The molecule has 0 aromatic carbocycles. The van der Waals surface area contributed by atoms with E-state index in [2.05, 4.69) is 11.8 Å². The van der Waals surface area contributed by atoms with Gasteiger partial charge >= 0.3 is 5.97 Å². The number of ether oxygens (including phenoxy) is 1. The minimum absolute atomic E-state index is 0.0105. The first kappa shape index (κ1) is 13.9.